The van der Waals surface area contributed by atoms with E-state index in [0.29, 0.717) is 49.8 Å². The molecule has 0 bridgehead atoms. The fourth-order valence-electron chi connectivity index (χ4n) is 4.99. The Labute approximate surface area is 250 Å². The summed E-state index contributed by atoms with van der Waals surface area (Å²) in [6.07, 6.45) is 4.49. The fourth-order valence-corrected chi connectivity index (χ4v) is 6.62. The number of aliphatic hydroxyl groups is 2. The zero-order valence-electron chi connectivity index (χ0n) is 24.1. The highest BCUT2D eigenvalue weighted by atomic mass is 32.2. The molecule has 2 unspecified atom stereocenters. The quantitative estimate of drug-likeness (QED) is 0.125. The van der Waals surface area contributed by atoms with Gasteiger partial charge in [0.1, 0.15) is 18.1 Å². The maximum atomic E-state index is 12.8. The Bertz CT molecular complexity index is 1310. The number of ether oxygens (including phenoxy) is 3. The standard InChI is InChI=1S/C33H41NO7S/c1-24(36)41-33-14-11-27(20-28(33)22-35)32(37)21-34-16-15-25-9-12-29(13-10-25)40-18-17-39-23-26-5-4-8-31(19-26)42(38)30-6-2-3-7-30/h4-5,8-14,19-20,30,32,34-35,37H,2-3,6-7,15-18,21-23H2,1H3. The van der Waals surface area contributed by atoms with Crippen LogP contribution in [0.15, 0.2) is 71.6 Å². The summed E-state index contributed by atoms with van der Waals surface area (Å²) < 4.78 is 29.5. The van der Waals surface area contributed by atoms with Crippen LogP contribution in [0.3, 0.4) is 0 Å². The first-order chi connectivity index (χ1) is 20.4. The van der Waals surface area contributed by atoms with E-state index >= 15 is 0 Å². The Morgan fingerprint density at radius 1 is 1.02 bits per heavy atom. The molecular formula is C33H41NO7S. The minimum Gasteiger partial charge on any atom is -0.491 e. The normalized spacial score (nSPS) is 14.9. The van der Waals surface area contributed by atoms with Gasteiger partial charge in [-0.2, -0.15) is 0 Å². The second-order valence-corrected chi connectivity index (χ2v) is 12.2. The fraction of sp³-hybridized carbons (Fsp3) is 0.424. The largest absolute Gasteiger partial charge is 0.491 e. The second-order valence-electron chi connectivity index (χ2n) is 10.5. The van der Waals surface area contributed by atoms with Gasteiger partial charge >= 0.3 is 5.97 Å². The maximum absolute atomic E-state index is 12.8. The molecule has 3 aromatic rings. The monoisotopic (exact) mass is 595 g/mol. The Morgan fingerprint density at radius 2 is 1.81 bits per heavy atom. The van der Waals surface area contributed by atoms with Gasteiger partial charge in [0.25, 0.3) is 0 Å². The summed E-state index contributed by atoms with van der Waals surface area (Å²) in [6, 6.07) is 20.7. The van der Waals surface area contributed by atoms with Crippen molar-refractivity contribution in [2.24, 2.45) is 0 Å². The molecule has 0 aliphatic heterocycles. The van der Waals surface area contributed by atoms with E-state index in [1.54, 1.807) is 18.2 Å². The number of rotatable bonds is 16. The lowest BCUT2D eigenvalue weighted by atomic mass is 10.0. The first kappa shape index (κ1) is 31.8. The van der Waals surface area contributed by atoms with Crippen LogP contribution in [0.5, 0.6) is 11.5 Å². The van der Waals surface area contributed by atoms with Crippen LogP contribution in [0.25, 0.3) is 0 Å². The highest BCUT2D eigenvalue weighted by Crippen LogP contribution is 2.27. The zero-order chi connectivity index (χ0) is 29.7. The van der Waals surface area contributed by atoms with Gasteiger partial charge < -0.3 is 29.7 Å². The van der Waals surface area contributed by atoms with Crippen molar-refractivity contribution in [1.82, 2.24) is 5.32 Å². The van der Waals surface area contributed by atoms with Gasteiger partial charge in [0.05, 0.1) is 36.7 Å². The molecule has 4 rings (SSSR count). The van der Waals surface area contributed by atoms with Crippen LogP contribution in [0.1, 0.15) is 61.0 Å². The summed E-state index contributed by atoms with van der Waals surface area (Å²) in [5, 5.41) is 23.6. The van der Waals surface area contributed by atoms with Crippen LogP contribution >= 0.6 is 0 Å². The smallest absolute Gasteiger partial charge is 0.308 e. The number of aliphatic hydroxyl groups excluding tert-OH is 2. The number of hydrogen-bond donors (Lipinski definition) is 3. The van der Waals surface area contributed by atoms with Crippen LogP contribution < -0.4 is 14.8 Å². The van der Waals surface area contributed by atoms with Gasteiger partial charge in [-0.15, -0.1) is 0 Å². The molecule has 3 aromatic carbocycles. The Morgan fingerprint density at radius 3 is 2.55 bits per heavy atom. The van der Waals surface area contributed by atoms with Gasteiger partial charge in [-0.1, -0.05) is 43.2 Å². The van der Waals surface area contributed by atoms with Crippen molar-refractivity contribution in [3.63, 3.8) is 0 Å². The molecule has 0 saturated heterocycles. The van der Waals surface area contributed by atoms with E-state index < -0.39 is 22.9 Å². The van der Waals surface area contributed by atoms with Gasteiger partial charge in [-0.25, -0.2) is 0 Å². The summed E-state index contributed by atoms with van der Waals surface area (Å²) >= 11 is 0. The Hall–Kier alpha value is -3.08. The number of carbonyl (C=O) groups excluding carboxylic acids is 1. The number of benzene rings is 3. The number of carbonyl (C=O) groups is 1. The second kappa shape index (κ2) is 16.5. The molecule has 3 N–H and O–H groups in total. The van der Waals surface area contributed by atoms with E-state index in [1.165, 1.54) is 19.8 Å². The molecule has 226 valence electrons. The Kier molecular flexibility index (Phi) is 12.5. The van der Waals surface area contributed by atoms with Crippen LogP contribution in [0.4, 0.5) is 0 Å². The van der Waals surface area contributed by atoms with Crippen LogP contribution in [0, 0.1) is 0 Å². The number of nitrogens with one attached hydrogen (secondary N) is 1. The van der Waals surface area contributed by atoms with Gasteiger partial charge in [-0.3, -0.25) is 9.00 Å². The van der Waals surface area contributed by atoms with Gasteiger partial charge in [-0.05, 0) is 78.9 Å². The van der Waals surface area contributed by atoms with Crippen molar-refractivity contribution in [2.45, 2.75) is 68.5 Å². The van der Waals surface area contributed by atoms with Crippen LogP contribution in [-0.2, 0) is 40.0 Å². The van der Waals surface area contributed by atoms with Crippen molar-refractivity contribution < 1.29 is 33.4 Å². The first-order valence-electron chi connectivity index (χ1n) is 14.5. The molecule has 0 spiro atoms. The molecule has 0 radical (unpaired) electrons. The molecule has 1 aliphatic rings. The minimum atomic E-state index is -0.937. The maximum Gasteiger partial charge on any atom is 0.308 e. The van der Waals surface area contributed by atoms with E-state index in [0.717, 1.165) is 41.0 Å². The molecule has 1 fully saturated rings. The molecule has 0 aromatic heterocycles. The predicted octanol–water partition coefficient (Wildman–Crippen LogP) is 4.62. The SMILES string of the molecule is CC(=O)Oc1ccc(C(O)CNCCc2ccc(OCCOCc3cccc(S(=O)C4CCCC4)c3)cc2)cc1CO. The summed E-state index contributed by atoms with van der Waals surface area (Å²) in [6.45, 7) is 3.39. The van der Waals surface area contributed by atoms with E-state index in [4.69, 9.17) is 14.2 Å². The van der Waals surface area contributed by atoms with Crippen molar-refractivity contribution in [3.05, 3.63) is 89.0 Å². The molecule has 1 aliphatic carbocycles. The molecule has 8 nitrogen and oxygen atoms in total. The lowest BCUT2D eigenvalue weighted by Gasteiger charge is -2.15. The highest BCUT2D eigenvalue weighted by Gasteiger charge is 2.22. The number of esters is 1. The van der Waals surface area contributed by atoms with Crippen LogP contribution in [0.2, 0.25) is 0 Å². The average Bonchev–Trinajstić information content (AvgIpc) is 3.55. The minimum absolute atomic E-state index is 0.289. The molecule has 42 heavy (non-hydrogen) atoms. The van der Waals surface area contributed by atoms with E-state index in [2.05, 4.69) is 5.32 Å². The van der Waals surface area contributed by atoms with Crippen LogP contribution in [-0.4, -0.2) is 51.9 Å². The zero-order valence-corrected chi connectivity index (χ0v) is 24.9. The third-order valence-electron chi connectivity index (χ3n) is 7.25. The van der Waals surface area contributed by atoms with E-state index in [-0.39, 0.29) is 11.9 Å². The molecule has 1 saturated carbocycles. The molecule has 0 amide bonds. The molecule has 0 heterocycles. The molecule has 2 atom stereocenters. The summed E-state index contributed by atoms with van der Waals surface area (Å²) in [5.74, 6) is 0.608. The third kappa shape index (κ3) is 9.74. The number of hydrogen-bond acceptors (Lipinski definition) is 8. The van der Waals surface area contributed by atoms with Gasteiger partial charge in [0.15, 0.2) is 0 Å². The summed E-state index contributed by atoms with van der Waals surface area (Å²) in [5.41, 5.74) is 3.26. The topological polar surface area (TPSA) is 114 Å². The van der Waals surface area contributed by atoms with Crippen molar-refractivity contribution in [2.75, 3.05) is 26.3 Å². The van der Waals surface area contributed by atoms with Gasteiger partial charge in [0.2, 0.25) is 0 Å². The van der Waals surface area contributed by atoms with Crippen molar-refractivity contribution in [3.8, 4) is 11.5 Å². The third-order valence-corrected chi connectivity index (χ3v) is 9.04. The van der Waals surface area contributed by atoms with E-state index in [9.17, 15) is 19.2 Å². The lowest BCUT2D eigenvalue weighted by molar-refractivity contribution is -0.131. The van der Waals surface area contributed by atoms with E-state index in [1.807, 2.05) is 48.5 Å². The molecule has 9 heteroatoms. The highest BCUT2D eigenvalue weighted by molar-refractivity contribution is 7.85. The Balaban J connectivity index is 1.11. The summed E-state index contributed by atoms with van der Waals surface area (Å²) in [4.78, 5) is 12.1. The predicted molar refractivity (Wildman–Crippen MR) is 162 cm³/mol. The van der Waals surface area contributed by atoms with Crippen molar-refractivity contribution in [1.29, 1.82) is 0 Å². The van der Waals surface area contributed by atoms with Crippen molar-refractivity contribution >= 4 is 16.8 Å². The molecular weight excluding hydrogens is 554 g/mol. The summed E-state index contributed by atoms with van der Waals surface area (Å²) in [7, 11) is -0.937. The average molecular weight is 596 g/mol. The first-order valence-corrected chi connectivity index (χ1v) is 15.7. The lowest BCUT2D eigenvalue weighted by Crippen LogP contribution is -2.24. The van der Waals surface area contributed by atoms with Gasteiger partial charge in [0, 0.05) is 29.2 Å².